The maximum Gasteiger partial charge on any atom is 0.266 e. The van der Waals surface area contributed by atoms with Gasteiger partial charge in [-0.1, -0.05) is 6.07 Å². The van der Waals surface area contributed by atoms with Crippen molar-refractivity contribution in [3.63, 3.8) is 0 Å². The molecule has 8 nitrogen and oxygen atoms in total. The molecule has 0 saturated carbocycles. The lowest BCUT2D eigenvalue weighted by Gasteiger charge is -2.08. The maximum atomic E-state index is 12.1. The van der Waals surface area contributed by atoms with Crippen molar-refractivity contribution >= 4 is 33.0 Å². The molecule has 1 amide bonds. The number of carbonyl (C=O) groups excluding carboxylic acids is 1. The fourth-order valence-electron chi connectivity index (χ4n) is 2.51. The number of nitrogens with two attached hydrogens (primary N) is 1. The lowest BCUT2D eigenvalue weighted by Crippen LogP contribution is -2.23. The Morgan fingerprint density at radius 3 is 2.54 bits per heavy atom. The SMILES string of the molecule is NS(=O)(=O)c1ccc(NC(=O)CCCn2nc(-c3cccs3)ccc2=O)cc1. The third-order valence-corrected chi connectivity index (χ3v) is 5.70. The minimum Gasteiger partial charge on any atom is -0.326 e. The number of sulfonamides is 1. The van der Waals surface area contributed by atoms with E-state index in [1.807, 2.05) is 17.5 Å². The van der Waals surface area contributed by atoms with Crippen LogP contribution in [-0.2, 0) is 21.4 Å². The van der Waals surface area contributed by atoms with Crippen LogP contribution < -0.4 is 16.0 Å². The molecule has 0 saturated heterocycles. The van der Waals surface area contributed by atoms with Crippen LogP contribution in [0.1, 0.15) is 12.8 Å². The van der Waals surface area contributed by atoms with Crippen molar-refractivity contribution in [2.24, 2.45) is 5.14 Å². The number of hydrogen-bond acceptors (Lipinski definition) is 6. The highest BCUT2D eigenvalue weighted by atomic mass is 32.2. The van der Waals surface area contributed by atoms with Crippen LogP contribution in [0.3, 0.4) is 0 Å². The number of nitrogens with zero attached hydrogens (tertiary/aromatic N) is 2. The average molecular weight is 419 g/mol. The van der Waals surface area contributed by atoms with Crippen LogP contribution >= 0.6 is 11.3 Å². The Morgan fingerprint density at radius 2 is 1.89 bits per heavy atom. The van der Waals surface area contributed by atoms with Gasteiger partial charge in [0.05, 0.1) is 9.77 Å². The molecule has 0 unspecified atom stereocenters. The molecule has 0 radical (unpaired) electrons. The summed E-state index contributed by atoms with van der Waals surface area (Å²) in [7, 11) is -3.77. The molecule has 0 fully saturated rings. The molecule has 0 aliphatic carbocycles. The minimum atomic E-state index is -3.77. The van der Waals surface area contributed by atoms with Gasteiger partial charge in [0.15, 0.2) is 0 Å². The monoisotopic (exact) mass is 418 g/mol. The summed E-state index contributed by atoms with van der Waals surface area (Å²) < 4.78 is 23.8. The number of nitrogens with one attached hydrogen (secondary N) is 1. The van der Waals surface area contributed by atoms with Gasteiger partial charge in [-0.2, -0.15) is 5.10 Å². The van der Waals surface area contributed by atoms with Gasteiger partial charge in [-0.05, 0) is 48.2 Å². The van der Waals surface area contributed by atoms with Gasteiger partial charge in [0.1, 0.15) is 5.69 Å². The first-order chi connectivity index (χ1) is 13.3. The molecule has 0 aliphatic rings. The van der Waals surface area contributed by atoms with Gasteiger partial charge in [0, 0.05) is 24.7 Å². The largest absolute Gasteiger partial charge is 0.326 e. The first kappa shape index (κ1) is 19.9. The highest BCUT2D eigenvalue weighted by Gasteiger charge is 2.09. The molecule has 10 heteroatoms. The molecule has 146 valence electrons. The van der Waals surface area contributed by atoms with Crippen molar-refractivity contribution < 1.29 is 13.2 Å². The van der Waals surface area contributed by atoms with Crippen LogP contribution in [0.4, 0.5) is 5.69 Å². The average Bonchev–Trinajstić information content (AvgIpc) is 3.17. The molecule has 2 aromatic heterocycles. The van der Waals surface area contributed by atoms with Crippen molar-refractivity contribution in [2.45, 2.75) is 24.3 Å². The minimum absolute atomic E-state index is 0.0263. The molecule has 0 atom stereocenters. The second-order valence-corrected chi connectivity index (χ2v) is 8.49. The van der Waals surface area contributed by atoms with E-state index in [1.54, 1.807) is 6.07 Å². The molecule has 0 aliphatic heterocycles. The zero-order chi connectivity index (χ0) is 20.1. The fraction of sp³-hybridized carbons (Fsp3) is 0.167. The number of aryl methyl sites for hydroxylation is 1. The molecule has 3 aromatic rings. The summed E-state index contributed by atoms with van der Waals surface area (Å²) in [6.07, 6.45) is 0.621. The number of carbonyl (C=O) groups is 1. The molecule has 0 bridgehead atoms. The smallest absolute Gasteiger partial charge is 0.266 e. The lowest BCUT2D eigenvalue weighted by molar-refractivity contribution is -0.116. The Bertz CT molecular complexity index is 1120. The highest BCUT2D eigenvalue weighted by molar-refractivity contribution is 7.89. The Kier molecular flexibility index (Phi) is 6.02. The molecule has 3 rings (SSSR count). The van der Waals surface area contributed by atoms with Crippen LogP contribution in [0, 0.1) is 0 Å². The predicted octanol–water partition coefficient (Wildman–Crippen LogP) is 2.04. The van der Waals surface area contributed by atoms with Crippen molar-refractivity contribution in [1.82, 2.24) is 9.78 Å². The van der Waals surface area contributed by atoms with E-state index in [-0.39, 0.29) is 22.8 Å². The maximum absolute atomic E-state index is 12.1. The van der Waals surface area contributed by atoms with Crippen LogP contribution in [0.5, 0.6) is 0 Å². The summed E-state index contributed by atoms with van der Waals surface area (Å²) in [5, 5.41) is 14.0. The summed E-state index contributed by atoms with van der Waals surface area (Å²) in [5.74, 6) is -0.245. The van der Waals surface area contributed by atoms with Crippen molar-refractivity contribution in [1.29, 1.82) is 0 Å². The third-order valence-electron chi connectivity index (χ3n) is 3.88. The van der Waals surface area contributed by atoms with E-state index in [0.717, 1.165) is 4.88 Å². The summed E-state index contributed by atoms with van der Waals surface area (Å²) in [6, 6.07) is 12.6. The zero-order valence-corrected chi connectivity index (χ0v) is 16.4. The first-order valence-corrected chi connectivity index (χ1v) is 10.8. The fourth-order valence-corrected chi connectivity index (χ4v) is 3.71. The van der Waals surface area contributed by atoms with Gasteiger partial charge in [0.2, 0.25) is 15.9 Å². The number of benzene rings is 1. The van der Waals surface area contributed by atoms with Gasteiger partial charge in [0.25, 0.3) is 5.56 Å². The number of primary sulfonamides is 1. The van der Waals surface area contributed by atoms with Crippen LogP contribution in [-0.4, -0.2) is 24.1 Å². The quantitative estimate of drug-likeness (QED) is 0.607. The standard InChI is InChI=1S/C18H18N4O4S2/c19-28(25,26)14-7-5-13(6-8-14)20-17(23)4-1-11-22-18(24)10-9-15(21-22)16-3-2-12-27-16/h2-3,5-10,12H,1,4,11H2,(H,20,23)(H2,19,25,26). The topological polar surface area (TPSA) is 124 Å². The van der Waals surface area contributed by atoms with E-state index in [1.165, 1.54) is 46.4 Å². The van der Waals surface area contributed by atoms with Crippen LogP contribution in [0.25, 0.3) is 10.6 Å². The Hall–Kier alpha value is -2.82. The Morgan fingerprint density at radius 1 is 1.14 bits per heavy atom. The number of rotatable bonds is 7. The molecular formula is C18H18N4O4S2. The lowest BCUT2D eigenvalue weighted by atomic mass is 10.2. The second kappa shape index (κ2) is 8.46. The second-order valence-electron chi connectivity index (χ2n) is 5.98. The van der Waals surface area contributed by atoms with E-state index in [2.05, 4.69) is 10.4 Å². The van der Waals surface area contributed by atoms with Gasteiger partial charge in [-0.25, -0.2) is 18.2 Å². The summed E-state index contributed by atoms with van der Waals surface area (Å²) in [5.41, 5.74) is 0.959. The number of thiophene rings is 1. The number of aromatic nitrogens is 2. The third kappa shape index (κ3) is 5.12. The number of hydrogen-bond donors (Lipinski definition) is 2. The molecular weight excluding hydrogens is 400 g/mol. The zero-order valence-electron chi connectivity index (χ0n) is 14.7. The molecule has 2 heterocycles. The van der Waals surface area contributed by atoms with E-state index in [9.17, 15) is 18.0 Å². The predicted molar refractivity (Wildman–Crippen MR) is 107 cm³/mol. The van der Waals surface area contributed by atoms with Gasteiger partial charge in [-0.15, -0.1) is 11.3 Å². The number of anilines is 1. The summed E-state index contributed by atoms with van der Waals surface area (Å²) >= 11 is 1.54. The first-order valence-electron chi connectivity index (χ1n) is 8.38. The van der Waals surface area contributed by atoms with Crippen molar-refractivity contribution in [3.8, 4) is 10.6 Å². The van der Waals surface area contributed by atoms with Crippen molar-refractivity contribution in [2.75, 3.05) is 5.32 Å². The number of amides is 1. The molecule has 3 N–H and O–H groups in total. The van der Waals surface area contributed by atoms with Crippen LogP contribution in [0.2, 0.25) is 0 Å². The molecule has 28 heavy (non-hydrogen) atoms. The Labute approximate surface area is 165 Å². The van der Waals surface area contributed by atoms with Gasteiger partial charge < -0.3 is 5.32 Å². The normalized spacial score (nSPS) is 11.3. The molecule has 0 spiro atoms. The van der Waals surface area contributed by atoms with E-state index < -0.39 is 10.0 Å². The van der Waals surface area contributed by atoms with Crippen molar-refractivity contribution in [3.05, 3.63) is 64.3 Å². The highest BCUT2D eigenvalue weighted by Crippen LogP contribution is 2.21. The van der Waals surface area contributed by atoms with E-state index in [4.69, 9.17) is 5.14 Å². The Balaban J connectivity index is 1.56. The van der Waals surface area contributed by atoms with Crippen LogP contribution in [0.15, 0.2) is 63.6 Å². The van der Waals surface area contributed by atoms with Gasteiger partial charge >= 0.3 is 0 Å². The van der Waals surface area contributed by atoms with E-state index >= 15 is 0 Å². The van der Waals surface area contributed by atoms with E-state index in [0.29, 0.717) is 24.3 Å². The summed E-state index contributed by atoms with van der Waals surface area (Å²) in [6.45, 7) is 0.315. The molecule has 1 aromatic carbocycles. The van der Waals surface area contributed by atoms with Gasteiger partial charge in [-0.3, -0.25) is 9.59 Å². The summed E-state index contributed by atoms with van der Waals surface area (Å²) in [4.78, 5) is 25.0.